The van der Waals surface area contributed by atoms with Crippen LogP contribution in [0.15, 0.2) is 24.3 Å². The number of rotatable bonds is 50. The normalized spacial score (nSPS) is 19.8. The van der Waals surface area contributed by atoms with Gasteiger partial charge in [0.25, 0.3) is 0 Å². The van der Waals surface area contributed by atoms with E-state index in [1.165, 1.54) is 225 Å². The van der Waals surface area contributed by atoms with E-state index in [9.17, 15) is 30.3 Å². The number of amides is 1. The molecule has 9 nitrogen and oxygen atoms in total. The quantitative estimate of drug-likeness (QED) is 0.0261. The van der Waals surface area contributed by atoms with Crippen LogP contribution < -0.4 is 5.32 Å². The Balaban J connectivity index is 2.08. The molecule has 396 valence electrons. The second-order valence-corrected chi connectivity index (χ2v) is 20.4. The van der Waals surface area contributed by atoms with Crippen molar-refractivity contribution in [2.45, 2.75) is 326 Å². The molecule has 1 rings (SSSR count). The van der Waals surface area contributed by atoms with Crippen molar-refractivity contribution in [3.63, 3.8) is 0 Å². The number of hydrogen-bond acceptors (Lipinski definition) is 8. The second-order valence-electron chi connectivity index (χ2n) is 20.4. The fourth-order valence-corrected chi connectivity index (χ4v) is 9.39. The third-order valence-electron chi connectivity index (χ3n) is 14.0. The summed E-state index contributed by atoms with van der Waals surface area (Å²) in [4.78, 5) is 13.0. The third-order valence-corrected chi connectivity index (χ3v) is 14.0. The Labute approximate surface area is 413 Å². The van der Waals surface area contributed by atoms with Gasteiger partial charge in [-0.3, -0.25) is 4.79 Å². The first kappa shape index (κ1) is 63.7. The van der Waals surface area contributed by atoms with Crippen LogP contribution >= 0.6 is 0 Å². The van der Waals surface area contributed by atoms with E-state index >= 15 is 0 Å². The molecule has 1 aliphatic heterocycles. The average molecular weight is 951 g/mol. The Bertz CT molecular complexity index is 1100. The van der Waals surface area contributed by atoms with E-state index in [-0.39, 0.29) is 12.5 Å². The summed E-state index contributed by atoms with van der Waals surface area (Å²) in [6.45, 7) is 3.78. The minimum atomic E-state index is -1.56. The van der Waals surface area contributed by atoms with E-state index in [4.69, 9.17) is 9.47 Å². The molecule has 0 aliphatic carbocycles. The van der Waals surface area contributed by atoms with E-state index in [1.807, 2.05) is 6.08 Å². The fourth-order valence-electron chi connectivity index (χ4n) is 9.39. The molecule has 1 saturated heterocycles. The Morgan fingerprint density at radius 2 is 0.836 bits per heavy atom. The number of nitrogens with one attached hydrogen (secondary N) is 1. The Hall–Kier alpha value is -1.33. The van der Waals surface area contributed by atoms with Gasteiger partial charge in [-0.25, -0.2) is 0 Å². The number of aliphatic hydroxyl groups is 5. The number of unbranched alkanes of at least 4 members (excludes halogenated alkanes) is 38. The van der Waals surface area contributed by atoms with Gasteiger partial charge in [-0.05, 0) is 44.9 Å². The molecule has 7 atom stereocenters. The van der Waals surface area contributed by atoms with Gasteiger partial charge in [-0.15, -0.1) is 0 Å². The van der Waals surface area contributed by atoms with Crippen LogP contribution in [-0.4, -0.2) is 87.5 Å². The number of aliphatic hydroxyl groups excluding tert-OH is 5. The molecular formula is C58H111NO8. The van der Waals surface area contributed by atoms with Crippen LogP contribution in [0.2, 0.25) is 0 Å². The average Bonchev–Trinajstić information content (AvgIpc) is 3.33. The van der Waals surface area contributed by atoms with Crippen molar-refractivity contribution < 1.29 is 39.8 Å². The second kappa shape index (κ2) is 48.3. The van der Waals surface area contributed by atoms with Gasteiger partial charge in [0.05, 0.1) is 25.4 Å². The summed E-state index contributed by atoms with van der Waals surface area (Å²) in [6, 6.07) is -0.800. The van der Waals surface area contributed by atoms with Crippen molar-refractivity contribution in [1.82, 2.24) is 5.32 Å². The summed E-state index contributed by atoms with van der Waals surface area (Å²) in [6.07, 6.45) is 54.2. The van der Waals surface area contributed by atoms with Gasteiger partial charge in [0.2, 0.25) is 5.91 Å². The molecule has 0 saturated carbocycles. The van der Waals surface area contributed by atoms with Crippen molar-refractivity contribution in [2.24, 2.45) is 0 Å². The molecule has 67 heavy (non-hydrogen) atoms. The lowest BCUT2D eigenvalue weighted by Gasteiger charge is -2.40. The van der Waals surface area contributed by atoms with Gasteiger partial charge >= 0.3 is 0 Å². The summed E-state index contributed by atoms with van der Waals surface area (Å²) in [7, 11) is 0. The first-order valence-corrected chi connectivity index (χ1v) is 29.1. The summed E-state index contributed by atoms with van der Waals surface area (Å²) in [5.74, 6) is -0.174. The fraction of sp³-hybridized carbons (Fsp3) is 0.914. The van der Waals surface area contributed by atoms with Crippen LogP contribution in [0.4, 0.5) is 0 Å². The predicted octanol–water partition coefficient (Wildman–Crippen LogP) is 14.2. The van der Waals surface area contributed by atoms with Gasteiger partial charge in [-0.2, -0.15) is 0 Å². The molecule has 0 aromatic rings. The highest BCUT2D eigenvalue weighted by atomic mass is 16.7. The zero-order valence-electron chi connectivity index (χ0n) is 43.9. The molecule has 0 aromatic carbocycles. The van der Waals surface area contributed by atoms with E-state index in [2.05, 4.69) is 31.3 Å². The lowest BCUT2D eigenvalue weighted by Crippen LogP contribution is -2.60. The summed E-state index contributed by atoms with van der Waals surface area (Å²) < 4.78 is 11.2. The van der Waals surface area contributed by atoms with Crippen LogP contribution in [-0.2, 0) is 14.3 Å². The summed E-state index contributed by atoms with van der Waals surface area (Å²) in [5.41, 5.74) is 0. The largest absolute Gasteiger partial charge is 0.394 e. The first-order valence-electron chi connectivity index (χ1n) is 29.1. The van der Waals surface area contributed by atoms with Crippen molar-refractivity contribution in [2.75, 3.05) is 13.2 Å². The van der Waals surface area contributed by atoms with Crippen LogP contribution in [0.1, 0.15) is 284 Å². The maximum atomic E-state index is 13.0. The van der Waals surface area contributed by atoms with E-state index in [1.54, 1.807) is 6.08 Å². The van der Waals surface area contributed by atoms with Crippen LogP contribution in [0, 0.1) is 0 Å². The van der Waals surface area contributed by atoms with Gasteiger partial charge in [0.15, 0.2) is 6.29 Å². The summed E-state index contributed by atoms with van der Waals surface area (Å²) >= 11 is 0. The minimum Gasteiger partial charge on any atom is -0.394 e. The molecule has 7 unspecified atom stereocenters. The van der Waals surface area contributed by atoms with Crippen LogP contribution in [0.5, 0.6) is 0 Å². The number of ether oxygens (including phenoxy) is 2. The zero-order chi connectivity index (χ0) is 48.7. The number of allylic oxidation sites excluding steroid dienone is 3. The SMILES string of the molecule is CCCCCCCCCCC/C=C/C(O)C(COC1OC(CO)C(O)C(O)C1O)NC(=O)CCCCCCCCCCCCCCCCCCC/C=C\CCCCCCCCCCCCCC. The standard InChI is InChI=1S/C58H111NO8/c1-3-5-7-9-11-13-15-16-17-18-19-20-21-22-23-24-25-26-27-28-29-30-31-32-33-34-35-36-38-40-42-44-46-48-54(62)59-51(50-66-58-57(65)56(64)55(63)53(49-60)67-58)52(61)47-45-43-41-39-37-14-12-10-8-6-4-2/h22-23,45,47,51-53,55-58,60-61,63-65H,3-21,24-44,46,48-50H2,1-2H3,(H,59,62)/b23-22-,47-45+. The smallest absolute Gasteiger partial charge is 0.220 e. The highest BCUT2D eigenvalue weighted by molar-refractivity contribution is 5.76. The lowest BCUT2D eigenvalue weighted by molar-refractivity contribution is -0.302. The van der Waals surface area contributed by atoms with E-state index in [0.29, 0.717) is 6.42 Å². The van der Waals surface area contributed by atoms with Gasteiger partial charge < -0.3 is 40.3 Å². The summed E-state index contributed by atoms with van der Waals surface area (Å²) in [5, 5.41) is 54.3. The topological polar surface area (TPSA) is 149 Å². The monoisotopic (exact) mass is 950 g/mol. The molecule has 0 spiro atoms. The molecular weight excluding hydrogens is 839 g/mol. The maximum absolute atomic E-state index is 13.0. The number of hydrogen-bond donors (Lipinski definition) is 6. The predicted molar refractivity (Wildman–Crippen MR) is 281 cm³/mol. The molecule has 9 heteroatoms. The minimum absolute atomic E-state index is 0.174. The van der Waals surface area contributed by atoms with Crippen LogP contribution in [0.25, 0.3) is 0 Å². The molecule has 0 bridgehead atoms. The van der Waals surface area contributed by atoms with E-state index in [0.717, 1.165) is 38.5 Å². The first-order chi connectivity index (χ1) is 32.8. The van der Waals surface area contributed by atoms with Crippen molar-refractivity contribution >= 4 is 5.91 Å². The molecule has 1 heterocycles. The lowest BCUT2D eigenvalue weighted by atomic mass is 9.99. The van der Waals surface area contributed by atoms with Crippen molar-refractivity contribution in [3.8, 4) is 0 Å². The molecule has 1 fully saturated rings. The maximum Gasteiger partial charge on any atom is 0.220 e. The zero-order valence-corrected chi connectivity index (χ0v) is 43.9. The molecule has 0 aromatic heterocycles. The number of carbonyl (C=O) groups excluding carboxylic acids is 1. The Morgan fingerprint density at radius 1 is 0.493 bits per heavy atom. The molecule has 1 amide bonds. The van der Waals surface area contributed by atoms with Gasteiger partial charge in [0.1, 0.15) is 24.4 Å². The highest BCUT2D eigenvalue weighted by Crippen LogP contribution is 2.23. The van der Waals surface area contributed by atoms with Crippen molar-refractivity contribution in [1.29, 1.82) is 0 Å². The van der Waals surface area contributed by atoms with Crippen molar-refractivity contribution in [3.05, 3.63) is 24.3 Å². The molecule has 1 aliphatic rings. The highest BCUT2D eigenvalue weighted by Gasteiger charge is 2.44. The van der Waals surface area contributed by atoms with Gasteiger partial charge in [0, 0.05) is 6.42 Å². The van der Waals surface area contributed by atoms with E-state index < -0.39 is 49.5 Å². The molecule has 0 radical (unpaired) electrons. The molecule has 6 N–H and O–H groups in total. The third kappa shape index (κ3) is 38.1. The van der Waals surface area contributed by atoms with Crippen LogP contribution in [0.3, 0.4) is 0 Å². The Morgan fingerprint density at radius 3 is 1.21 bits per heavy atom. The van der Waals surface area contributed by atoms with Gasteiger partial charge in [-0.1, -0.05) is 256 Å². The Kier molecular flexibility index (Phi) is 45.9. The number of carbonyl (C=O) groups is 1.